The van der Waals surface area contributed by atoms with E-state index < -0.39 is 5.97 Å². The molecule has 0 amide bonds. The number of fused-ring (bicyclic) bond motifs is 7. The fourth-order valence-electron chi connectivity index (χ4n) is 13.1. The largest absolute Gasteiger partial charge is 0.478 e. The third-order valence-electron chi connectivity index (χ3n) is 15.4. The van der Waals surface area contributed by atoms with Gasteiger partial charge in [-0.3, -0.25) is 4.79 Å². The third-order valence-corrected chi connectivity index (χ3v) is 16.1. The molecule has 1 heterocycles. The maximum Gasteiger partial charge on any atom is 0.335 e. The average molecular weight is 641 g/mol. The molecule has 6 heteroatoms. The SMILES string of the molecule is C=C(C)[C@@H]1CC[C@]2(C(=O)Cc3nncs3)CC[C@]3(C)[C@H](CC[C@@H]4[C@@]5(C)CC=C(c6ccc(C(=O)O)cc6)C(C)(C)[C@@H]5CC[C@]43C)[C@@H]12. The highest BCUT2D eigenvalue weighted by atomic mass is 32.1. The number of rotatable bonds is 6. The Labute approximate surface area is 279 Å². The van der Waals surface area contributed by atoms with Crippen LogP contribution in [0.3, 0.4) is 0 Å². The highest BCUT2D eigenvalue weighted by molar-refractivity contribution is 7.09. The summed E-state index contributed by atoms with van der Waals surface area (Å²) < 4.78 is 0. The first kappa shape index (κ1) is 32.0. The minimum atomic E-state index is -0.875. The molecule has 5 nitrogen and oxygen atoms in total. The third kappa shape index (κ3) is 4.30. The van der Waals surface area contributed by atoms with Crippen LogP contribution in [0.2, 0.25) is 0 Å². The lowest BCUT2D eigenvalue weighted by Crippen LogP contribution is -2.66. The van der Waals surface area contributed by atoms with Gasteiger partial charge >= 0.3 is 5.97 Å². The number of Topliss-reactive ketones (excluding diaryl/α,β-unsaturated/α-hetero) is 1. The Morgan fingerprint density at radius 3 is 2.33 bits per heavy atom. The van der Waals surface area contributed by atoms with Crippen molar-refractivity contribution in [3.05, 3.63) is 64.1 Å². The molecule has 4 fully saturated rings. The van der Waals surface area contributed by atoms with E-state index in [-0.39, 0.29) is 27.1 Å². The van der Waals surface area contributed by atoms with E-state index in [1.54, 1.807) is 17.6 Å². The first-order valence-corrected chi connectivity index (χ1v) is 18.6. The molecule has 5 aliphatic carbocycles. The van der Waals surface area contributed by atoms with Crippen molar-refractivity contribution in [2.45, 2.75) is 106 Å². The number of carbonyl (C=O) groups excluding carboxylic acids is 1. The van der Waals surface area contributed by atoms with Crippen molar-refractivity contribution in [1.82, 2.24) is 10.2 Å². The predicted molar refractivity (Wildman–Crippen MR) is 184 cm³/mol. The number of hydrogen-bond donors (Lipinski definition) is 1. The average Bonchev–Trinajstić information content (AvgIpc) is 3.66. The lowest BCUT2D eigenvalue weighted by molar-refractivity contribution is -0.224. The number of benzene rings is 1. The molecule has 0 saturated heterocycles. The first-order chi connectivity index (χ1) is 21.7. The lowest BCUT2D eigenvalue weighted by atomic mass is 9.32. The van der Waals surface area contributed by atoms with E-state index >= 15 is 0 Å². The molecule has 5 aliphatic rings. The van der Waals surface area contributed by atoms with Gasteiger partial charge in [-0.1, -0.05) is 65.0 Å². The van der Waals surface area contributed by atoms with E-state index in [0.29, 0.717) is 47.4 Å². The van der Waals surface area contributed by atoms with Gasteiger partial charge < -0.3 is 5.11 Å². The van der Waals surface area contributed by atoms with Crippen molar-refractivity contribution in [2.24, 2.45) is 56.7 Å². The summed E-state index contributed by atoms with van der Waals surface area (Å²) in [7, 11) is 0. The second-order valence-corrected chi connectivity index (χ2v) is 18.1. The number of carboxylic acids is 1. The number of nitrogens with zero attached hydrogens (tertiary/aromatic N) is 2. The number of carbonyl (C=O) groups is 2. The Morgan fingerprint density at radius 2 is 1.67 bits per heavy atom. The van der Waals surface area contributed by atoms with Crippen molar-refractivity contribution in [1.29, 1.82) is 0 Å². The summed E-state index contributed by atoms with van der Waals surface area (Å²) in [6.07, 6.45) is 13.1. The maximum absolute atomic E-state index is 14.4. The molecule has 7 rings (SSSR count). The predicted octanol–water partition coefficient (Wildman–Crippen LogP) is 9.70. The molecule has 1 aromatic carbocycles. The summed E-state index contributed by atoms with van der Waals surface area (Å²) in [5, 5.41) is 18.6. The zero-order valence-corrected chi connectivity index (χ0v) is 29.5. The van der Waals surface area contributed by atoms with Crippen LogP contribution in [-0.4, -0.2) is 27.1 Å². The van der Waals surface area contributed by atoms with Gasteiger partial charge in [-0.15, -0.1) is 21.5 Å². The van der Waals surface area contributed by atoms with Gasteiger partial charge in [0.15, 0.2) is 0 Å². The summed E-state index contributed by atoms with van der Waals surface area (Å²) in [5.74, 6) is 2.04. The van der Waals surface area contributed by atoms with Gasteiger partial charge in [0.2, 0.25) is 0 Å². The van der Waals surface area contributed by atoms with Crippen molar-refractivity contribution in [3.8, 4) is 0 Å². The molecule has 0 radical (unpaired) electrons. The van der Waals surface area contributed by atoms with Gasteiger partial charge in [0.25, 0.3) is 0 Å². The highest BCUT2D eigenvalue weighted by Crippen LogP contribution is 2.77. The number of aromatic carboxylic acids is 1. The van der Waals surface area contributed by atoms with Crippen LogP contribution >= 0.6 is 11.3 Å². The molecule has 1 N–H and O–H groups in total. The van der Waals surface area contributed by atoms with Crippen LogP contribution in [0.5, 0.6) is 0 Å². The van der Waals surface area contributed by atoms with Crippen molar-refractivity contribution >= 4 is 28.7 Å². The molecule has 4 saturated carbocycles. The molecule has 9 atom stereocenters. The van der Waals surface area contributed by atoms with Crippen LogP contribution in [0.4, 0.5) is 0 Å². The Morgan fingerprint density at radius 1 is 0.935 bits per heavy atom. The molecule has 1 aromatic heterocycles. The van der Waals surface area contributed by atoms with Gasteiger partial charge in [0, 0.05) is 5.41 Å². The Balaban J connectivity index is 1.23. The fourth-order valence-corrected chi connectivity index (χ4v) is 13.6. The molecule has 0 spiro atoms. The minimum absolute atomic E-state index is 0.00779. The lowest BCUT2D eigenvalue weighted by Gasteiger charge is -2.72. The van der Waals surface area contributed by atoms with Crippen molar-refractivity contribution in [3.63, 3.8) is 0 Å². The highest BCUT2D eigenvalue weighted by Gasteiger charge is 2.71. The smallest absolute Gasteiger partial charge is 0.335 e. The van der Waals surface area contributed by atoms with Gasteiger partial charge in [-0.25, -0.2) is 4.79 Å². The molecule has 246 valence electrons. The second kappa shape index (κ2) is 10.7. The Bertz CT molecular complexity index is 1590. The molecule has 0 unspecified atom stereocenters. The topological polar surface area (TPSA) is 80.2 Å². The summed E-state index contributed by atoms with van der Waals surface area (Å²) in [6.45, 7) is 19.5. The van der Waals surface area contributed by atoms with Crippen LogP contribution in [-0.2, 0) is 11.2 Å². The fraction of sp³-hybridized carbons (Fsp3) is 0.650. The normalized spacial score (nSPS) is 40.9. The van der Waals surface area contributed by atoms with E-state index in [9.17, 15) is 14.7 Å². The zero-order chi connectivity index (χ0) is 32.9. The van der Waals surface area contributed by atoms with Crippen LogP contribution in [0.1, 0.15) is 120 Å². The summed E-state index contributed by atoms with van der Waals surface area (Å²) in [6, 6.07) is 7.54. The van der Waals surface area contributed by atoms with Crippen LogP contribution in [0.25, 0.3) is 5.57 Å². The minimum Gasteiger partial charge on any atom is -0.478 e. The molecule has 0 aliphatic heterocycles. The van der Waals surface area contributed by atoms with Crippen LogP contribution in [0, 0.1) is 56.7 Å². The Hall–Kier alpha value is -2.60. The van der Waals surface area contributed by atoms with Crippen LogP contribution in [0.15, 0.2) is 48.0 Å². The summed E-state index contributed by atoms with van der Waals surface area (Å²) >= 11 is 1.51. The van der Waals surface area contributed by atoms with E-state index in [4.69, 9.17) is 0 Å². The van der Waals surface area contributed by atoms with Crippen molar-refractivity contribution in [2.75, 3.05) is 0 Å². The summed E-state index contributed by atoms with van der Waals surface area (Å²) in [5.41, 5.74) is 6.22. The van der Waals surface area contributed by atoms with Crippen molar-refractivity contribution < 1.29 is 14.7 Å². The summed E-state index contributed by atoms with van der Waals surface area (Å²) in [4.78, 5) is 25.9. The molecule has 2 aromatic rings. The van der Waals surface area contributed by atoms with E-state index in [2.05, 4.69) is 64.4 Å². The van der Waals surface area contributed by atoms with E-state index in [1.165, 1.54) is 48.2 Å². The van der Waals surface area contributed by atoms with E-state index in [0.717, 1.165) is 42.7 Å². The van der Waals surface area contributed by atoms with Gasteiger partial charge in [0.1, 0.15) is 16.3 Å². The number of ketones is 1. The number of hydrogen-bond acceptors (Lipinski definition) is 5. The quantitative estimate of drug-likeness (QED) is 0.318. The number of aromatic nitrogens is 2. The maximum atomic E-state index is 14.4. The second-order valence-electron chi connectivity index (χ2n) is 17.2. The van der Waals surface area contributed by atoms with E-state index in [1.807, 2.05) is 12.1 Å². The zero-order valence-electron chi connectivity index (χ0n) is 28.7. The monoisotopic (exact) mass is 640 g/mol. The molecular formula is C40H52N2O3S. The molecule has 46 heavy (non-hydrogen) atoms. The van der Waals surface area contributed by atoms with Crippen LogP contribution < -0.4 is 0 Å². The molecule has 0 bridgehead atoms. The number of carboxylic acid groups (broad SMARTS) is 1. The van der Waals surface area contributed by atoms with Gasteiger partial charge in [-0.2, -0.15) is 0 Å². The molecular weight excluding hydrogens is 589 g/mol. The number of allylic oxidation sites excluding steroid dienone is 3. The van der Waals surface area contributed by atoms with Gasteiger partial charge in [-0.05, 0) is 139 Å². The standard InChI is InChI=1S/C40H52N2O3S/c1-24(2)27-14-19-40(32(43)22-33-42-41-23-46-33)21-20-38(6)29(34(27)40)12-13-31-37(5)17-15-28(25-8-10-26(11-9-25)35(44)45)36(3,4)30(37)16-18-39(31,38)7/h8-11,15,23,27,29-31,34H,1,12-14,16-22H2,2-7H3,(H,44,45)/t27-,29+,30-,31+,34+,37-,38+,39+,40+/m0/s1. The van der Waals surface area contributed by atoms with Gasteiger partial charge in [0.05, 0.1) is 12.0 Å². The first-order valence-electron chi connectivity index (χ1n) is 17.7. The Kier molecular flexibility index (Phi) is 7.44.